The number of aryl methyl sites for hydroxylation is 1. The van der Waals surface area contributed by atoms with Crippen LogP contribution < -0.4 is 5.32 Å². The Kier molecular flexibility index (Phi) is 3.75. The fourth-order valence-electron chi connectivity index (χ4n) is 3.25. The standard InChI is InChI=1S/C19H21N3O2S/c1-19(2,24)9-8-12-6-7-14(25-12)13-10-15(23)20-18-16(13)17(11-4-5-11)21-22(18)3/h6-7,11,13,24H,4-5,10H2,1-3H3,(H,20,23)/t13-/m1/s1. The molecule has 3 heterocycles. The molecule has 130 valence electrons. The Morgan fingerprint density at radius 3 is 2.84 bits per heavy atom. The number of rotatable bonds is 2. The zero-order valence-electron chi connectivity index (χ0n) is 14.6. The lowest BCUT2D eigenvalue weighted by molar-refractivity contribution is -0.116. The number of carbonyl (C=O) groups is 1. The minimum Gasteiger partial charge on any atom is -0.378 e. The summed E-state index contributed by atoms with van der Waals surface area (Å²) in [6, 6.07) is 4.02. The third kappa shape index (κ3) is 3.22. The molecule has 0 bridgehead atoms. The van der Waals surface area contributed by atoms with Crippen LogP contribution in [0.25, 0.3) is 0 Å². The van der Waals surface area contributed by atoms with E-state index in [1.807, 2.05) is 13.1 Å². The van der Waals surface area contributed by atoms with Crippen LogP contribution in [0, 0.1) is 11.8 Å². The SMILES string of the molecule is Cn1nc(C2CC2)c2c1NC(=O)C[C@@H]2c1ccc(C#CC(C)(C)O)s1. The average molecular weight is 355 g/mol. The van der Waals surface area contributed by atoms with Crippen molar-refractivity contribution in [2.45, 2.75) is 50.5 Å². The summed E-state index contributed by atoms with van der Waals surface area (Å²) in [4.78, 5) is 14.2. The summed E-state index contributed by atoms with van der Waals surface area (Å²) < 4.78 is 1.80. The van der Waals surface area contributed by atoms with Crippen LogP contribution in [-0.4, -0.2) is 26.4 Å². The lowest BCUT2D eigenvalue weighted by Gasteiger charge is -2.23. The van der Waals surface area contributed by atoms with Gasteiger partial charge in [0.15, 0.2) is 0 Å². The minimum absolute atomic E-state index is 0.0281. The van der Waals surface area contributed by atoms with Crippen molar-refractivity contribution in [1.82, 2.24) is 9.78 Å². The van der Waals surface area contributed by atoms with Gasteiger partial charge in [-0.2, -0.15) is 5.10 Å². The molecule has 0 unspecified atom stereocenters. The van der Waals surface area contributed by atoms with Gasteiger partial charge in [0.1, 0.15) is 11.4 Å². The third-order valence-electron chi connectivity index (χ3n) is 4.53. The molecule has 25 heavy (non-hydrogen) atoms. The first kappa shape index (κ1) is 16.4. The van der Waals surface area contributed by atoms with Gasteiger partial charge in [-0.1, -0.05) is 11.8 Å². The molecular weight excluding hydrogens is 334 g/mol. The first-order chi connectivity index (χ1) is 11.8. The lowest BCUT2D eigenvalue weighted by Crippen LogP contribution is -2.24. The maximum absolute atomic E-state index is 12.2. The summed E-state index contributed by atoms with van der Waals surface area (Å²) in [5.74, 6) is 7.31. The van der Waals surface area contributed by atoms with Gasteiger partial charge in [0.25, 0.3) is 0 Å². The van der Waals surface area contributed by atoms with Gasteiger partial charge in [-0.25, -0.2) is 0 Å². The number of amides is 1. The van der Waals surface area contributed by atoms with Gasteiger partial charge in [0.2, 0.25) is 5.91 Å². The van der Waals surface area contributed by atoms with Gasteiger partial charge >= 0.3 is 0 Å². The summed E-state index contributed by atoms with van der Waals surface area (Å²) in [6.07, 6.45) is 2.80. The Labute approximate surface area is 151 Å². The molecule has 5 nitrogen and oxygen atoms in total. The van der Waals surface area contributed by atoms with Gasteiger partial charge in [0, 0.05) is 35.7 Å². The zero-order chi connectivity index (χ0) is 17.8. The predicted molar refractivity (Wildman–Crippen MR) is 97.8 cm³/mol. The monoisotopic (exact) mass is 355 g/mol. The quantitative estimate of drug-likeness (QED) is 0.814. The van der Waals surface area contributed by atoms with Gasteiger partial charge in [-0.05, 0) is 38.8 Å². The second kappa shape index (κ2) is 5.72. The van der Waals surface area contributed by atoms with Crippen molar-refractivity contribution in [2.75, 3.05) is 5.32 Å². The van der Waals surface area contributed by atoms with E-state index in [4.69, 9.17) is 0 Å². The molecule has 2 aromatic heterocycles. The highest BCUT2D eigenvalue weighted by Gasteiger charge is 2.38. The van der Waals surface area contributed by atoms with Crippen LogP contribution in [0.2, 0.25) is 0 Å². The molecule has 0 aromatic carbocycles. The Morgan fingerprint density at radius 2 is 2.16 bits per heavy atom. The van der Waals surface area contributed by atoms with Crippen molar-refractivity contribution in [1.29, 1.82) is 0 Å². The summed E-state index contributed by atoms with van der Waals surface area (Å²) in [5, 5.41) is 17.4. The van der Waals surface area contributed by atoms with Gasteiger partial charge in [-0.15, -0.1) is 11.3 Å². The zero-order valence-corrected chi connectivity index (χ0v) is 15.4. The molecule has 1 amide bonds. The molecule has 2 N–H and O–H groups in total. The molecule has 0 spiro atoms. The van der Waals surface area contributed by atoms with Crippen molar-refractivity contribution in [3.05, 3.63) is 33.1 Å². The predicted octanol–water partition coefficient (Wildman–Crippen LogP) is 2.96. The van der Waals surface area contributed by atoms with Crippen LogP contribution in [0.4, 0.5) is 5.82 Å². The van der Waals surface area contributed by atoms with Crippen LogP contribution in [-0.2, 0) is 11.8 Å². The maximum Gasteiger partial charge on any atom is 0.226 e. The molecule has 1 fully saturated rings. The van der Waals surface area contributed by atoms with E-state index in [1.165, 1.54) is 18.4 Å². The van der Waals surface area contributed by atoms with Crippen molar-refractivity contribution in [3.8, 4) is 11.8 Å². The molecule has 0 radical (unpaired) electrons. The van der Waals surface area contributed by atoms with Crippen LogP contribution in [0.5, 0.6) is 0 Å². The highest BCUT2D eigenvalue weighted by atomic mass is 32.1. The van der Waals surface area contributed by atoms with E-state index in [9.17, 15) is 9.90 Å². The molecule has 2 aromatic rings. The molecular formula is C19H21N3O2S. The number of hydrogen-bond donors (Lipinski definition) is 2. The second-order valence-electron chi connectivity index (χ2n) is 7.36. The number of nitrogens with one attached hydrogen (secondary N) is 1. The topological polar surface area (TPSA) is 67.2 Å². The first-order valence-corrected chi connectivity index (χ1v) is 9.35. The van der Waals surface area contributed by atoms with Crippen LogP contribution >= 0.6 is 11.3 Å². The number of fused-ring (bicyclic) bond motifs is 1. The summed E-state index contributed by atoms with van der Waals surface area (Å²) >= 11 is 1.59. The van der Waals surface area contributed by atoms with E-state index in [1.54, 1.807) is 29.9 Å². The third-order valence-corrected chi connectivity index (χ3v) is 5.65. The number of aliphatic hydroxyl groups is 1. The van der Waals surface area contributed by atoms with E-state index in [0.29, 0.717) is 12.3 Å². The molecule has 1 aliphatic carbocycles. The van der Waals surface area contributed by atoms with Gasteiger partial charge in [0.05, 0.1) is 10.6 Å². The smallest absolute Gasteiger partial charge is 0.226 e. The van der Waals surface area contributed by atoms with Crippen molar-refractivity contribution in [2.24, 2.45) is 7.05 Å². The molecule has 1 atom stereocenters. The van der Waals surface area contributed by atoms with Crippen molar-refractivity contribution in [3.63, 3.8) is 0 Å². The molecule has 1 aliphatic heterocycles. The number of hydrogen-bond acceptors (Lipinski definition) is 4. The second-order valence-corrected chi connectivity index (χ2v) is 8.48. The largest absolute Gasteiger partial charge is 0.378 e. The Balaban J connectivity index is 1.73. The van der Waals surface area contributed by atoms with Crippen molar-refractivity contribution >= 4 is 23.1 Å². The van der Waals surface area contributed by atoms with E-state index >= 15 is 0 Å². The van der Waals surface area contributed by atoms with E-state index in [2.05, 4.69) is 28.3 Å². The highest BCUT2D eigenvalue weighted by molar-refractivity contribution is 7.12. The Morgan fingerprint density at radius 1 is 1.40 bits per heavy atom. The summed E-state index contributed by atoms with van der Waals surface area (Å²) in [7, 11) is 1.89. The summed E-state index contributed by atoms with van der Waals surface area (Å²) in [5.41, 5.74) is 1.30. The van der Waals surface area contributed by atoms with E-state index in [-0.39, 0.29) is 11.8 Å². The minimum atomic E-state index is -1.01. The summed E-state index contributed by atoms with van der Waals surface area (Å²) in [6.45, 7) is 3.34. The van der Waals surface area contributed by atoms with E-state index < -0.39 is 5.60 Å². The van der Waals surface area contributed by atoms with E-state index in [0.717, 1.165) is 21.3 Å². The first-order valence-electron chi connectivity index (χ1n) is 8.54. The number of anilines is 1. The Hall–Kier alpha value is -2.10. The maximum atomic E-state index is 12.2. The molecule has 0 saturated heterocycles. The van der Waals surface area contributed by atoms with Crippen molar-refractivity contribution < 1.29 is 9.90 Å². The fourth-order valence-corrected chi connectivity index (χ4v) is 4.22. The lowest BCUT2D eigenvalue weighted by atomic mass is 9.89. The van der Waals surface area contributed by atoms with Crippen LogP contribution in [0.3, 0.4) is 0 Å². The van der Waals surface area contributed by atoms with Crippen LogP contribution in [0.1, 0.15) is 66.0 Å². The molecule has 6 heteroatoms. The highest BCUT2D eigenvalue weighted by Crippen LogP contribution is 2.49. The Bertz CT molecular complexity index is 903. The molecule has 4 rings (SSSR count). The fraction of sp³-hybridized carbons (Fsp3) is 0.474. The average Bonchev–Trinajstić information content (AvgIpc) is 3.17. The molecule has 1 saturated carbocycles. The number of nitrogens with zero attached hydrogens (tertiary/aromatic N) is 2. The molecule has 2 aliphatic rings. The number of carbonyl (C=O) groups excluding carboxylic acids is 1. The number of aromatic nitrogens is 2. The normalized spacial score (nSPS) is 19.8. The van der Waals surface area contributed by atoms with Gasteiger partial charge < -0.3 is 10.4 Å². The number of thiophene rings is 1. The van der Waals surface area contributed by atoms with Crippen LogP contribution in [0.15, 0.2) is 12.1 Å². The van der Waals surface area contributed by atoms with Gasteiger partial charge in [-0.3, -0.25) is 9.48 Å².